The summed E-state index contributed by atoms with van der Waals surface area (Å²) in [6.45, 7) is 1.39. The van der Waals surface area contributed by atoms with Crippen molar-refractivity contribution in [3.05, 3.63) is 71.1 Å². The van der Waals surface area contributed by atoms with Crippen molar-refractivity contribution < 1.29 is 29.2 Å². The van der Waals surface area contributed by atoms with E-state index < -0.39 is 48.6 Å². The van der Waals surface area contributed by atoms with Gasteiger partial charge in [0.15, 0.2) is 5.82 Å². The van der Waals surface area contributed by atoms with Gasteiger partial charge in [0.25, 0.3) is 5.82 Å². The fraction of sp³-hybridized carbons (Fsp3) is 0.280. The van der Waals surface area contributed by atoms with E-state index >= 15 is 0 Å². The van der Waals surface area contributed by atoms with Crippen LogP contribution in [0.15, 0.2) is 48.7 Å². The number of hydrogen-bond donors (Lipinski definition) is 3. The van der Waals surface area contributed by atoms with Crippen molar-refractivity contribution >= 4 is 27.5 Å². The molecule has 2 aromatic carbocycles. The number of rotatable bonds is 6. The van der Waals surface area contributed by atoms with E-state index in [9.17, 15) is 24.5 Å². The predicted octanol–water partition coefficient (Wildman–Crippen LogP) is 2.71. The third-order valence-corrected chi connectivity index (χ3v) is 7.49. The van der Waals surface area contributed by atoms with Crippen molar-refractivity contribution in [2.24, 2.45) is 0 Å². The summed E-state index contributed by atoms with van der Waals surface area (Å²) in [5, 5.41) is 44.0. The topological polar surface area (TPSA) is 161 Å². The predicted molar refractivity (Wildman–Crippen MR) is 136 cm³/mol. The smallest absolute Gasteiger partial charge is 0.375 e. The van der Waals surface area contributed by atoms with Gasteiger partial charge >= 0.3 is 5.97 Å². The lowest BCUT2D eigenvalue weighted by atomic mass is 9.95. The molecule has 0 unspecified atom stereocenters. The van der Waals surface area contributed by atoms with Crippen molar-refractivity contribution in [1.82, 2.24) is 34.7 Å². The minimum absolute atomic E-state index is 0.114. The number of aromatic carboxylic acids is 1. The van der Waals surface area contributed by atoms with Crippen molar-refractivity contribution in [2.75, 3.05) is 6.61 Å². The number of fused-ring (bicyclic) bond motifs is 1. The van der Waals surface area contributed by atoms with Gasteiger partial charge in [0.1, 0.15) is 29.8 Å². The first-order valence-electron chi connectivity index (χ1n) is 12.0. The van der Waals surface area contributed by atoms with Crippen LogP contribution < -0.4 is 0 Å². The lowest BCUT2D eigenvalue weighted by Gasteiger charge is -2.38. The van der Waals surface area contributed by atoms with E-state index in [0.717, 1.165) is 15.2 Å². The second-order valence-electron chi connectivity index (χ2n) is 9.13. The quantitative estimate of drug-likeness (QED) is 0.286. The summed E-state index contributed by atoms with van der Waals surface area (Å²) < 4.78 is 23.5. The van der Waals surface area contributed by atoms with Crippen LogP contribution in [0.3, 0.4) is 0 Å². The zero-order valence-corrected chi connectivity index (χ0v) is 21.2. The summed E-state index contributed by atoms with van der Waals surface area (Å²) >= 11 is 1.49. The number of carbonyl (C=O) groups is 1. The van der Waals surface area contributed by atoms with Gasteiger partial charge in [-0.05, 0) is 37.3 Å². The second kappa shape index (κ2) is 9.89. The lowest BCUT2D eigenvalue weighted by molar-refractivity contribution is -0.161. The highest BCUT2D eigenvalue weighted by atomic mass is 32.1. The number of carboxylic acids is 1. The van der Waals surface area contributed by atoms with Gasteiger partial charge in [-0.25, -0.2) is 28.5 Å². The van der Waals surface area contributed by atoms with Gasteiger partial charge in [-0.15, -0.1) is 21.5 Å². The number of aryl methyl sites for hydroxylation is 1. The third kappa shape index (κ3) is 4.67. The van der Waals surface area contributed by atoms with Crippen molar-refractivity contribution in [3.63, 3.8) is 0 Å². The van der Waals surface area contributed by atoms with Crippen LogP contribution in [0.1, 0.15) is 40.0 Å². The van der Waals surface area contributed by atoms with Crippen LogP contribution in [-0.4, -0.2) is 74.8 Å². The van der Waals surface area contributed by atoms with E-state index in [-0.39, 0.29) is 12.2 Å². The number of carboxylic acid groups (broad SMARTS) is 1. The van der Waals surface area contributed by atoms with Crippen LogP contribution in [0.25, 0.3) is 27.2 Å². The van der Waals surface area contributed by atoms with Crippen LogP contribution in [0, 0.1) is 12.7 Å². The molecular formula is C25H22FN7O5S. The highest BCUT2D eigenvalue weighted by molar-refractivity contribution is 7.18. The number of aliphatic hydroxyl groups is 2. The highest BCUT2D eigenvalue weighted by Crippen LogP contribution is 2.38. The van der Waals surface area contributed by atoms with Crippen molar-refractivity contribution in [1.29, 1.82) is 0 Å². The van der Waals surface area contributed by atoms with Crippen LogP contribution in [-0.2, 0) is 4.74 Å². The lowest BCUT2D eigenvalue weighted by Crippen LogP contribution is -2.45. The summed E-state index contributed by atoms with van der Waals surface area (Å²) in [6, 6.07) is 10.6. The van der Waals surface area contributed by atoms with E-state index in [1.165, 1.54) is 32.8 Å². The number of hydrogen-bond acceptors (Lipinski definition) is 10. The average Bonchev–Trinajstić information content (AvgIpc) is 3.66. The maximum Gasteiger partial charge on any atom is 0.375 e. The fourth-order valence-corrected chi connectivity index (χ4v) is 5.59. The Kier molecular flexibility index (Phi) is 6.38. The first kappa shape index (κ1) is 25.2. The SMILES string of the molecule is Cc1nc2ccc(-n3nc(C(=O)O)nc3[C@H]3C[C@@H](n4cc(-c5cccc(F)c5)nn4)[C@@H](O)[C@@H](CO)O3)cc2s1. The van der Waals surface area contributed by atoms with Crippen molar-refractivity contribution in [3.8, 4) is 16.9 Å². The summed E-state index contributed by atoms with van der Waals surface area (Å²) in [5.74, 6) is -1.97. The molecule has 0 spiro atoms. The summed E-state index contributed by atoms with van der Waals surface area (Å²) in [5.41, 5.74) is 2.27. The summed E-state index contributed by atoms with van der Waals surface area (Å²) in [6.07, 6.45) is -1.37. The number of halogens is 1. The highest BCUT2D eigenvalue weighted by Gasteiger charge is 2.42. The van der Waals surface area contributed by atoms with Gasteiger partial charge < -0.3 is 20.1 Å². The third-order valence-electron chi connectivity index (χ3n) is 6.56. The largest absolute Gasteiger partial charge is 0.475 e. The molecule has 6 rings (SSSR count). The van der Waals surface area contributed by atoms with E-state index in [2.05, 4.69) is 25.4 Å². The Hall–Kier alpha value is -4.11. The maximum absolute atomic E-state index is 13.7. The molecule has 39 heavy (non-hydrogen) atoms. The average molecular weight is 552 g/mol. The Morgan fingerprint density at radius 1 is 1.23 bits per heavy atom. The van der Waals surface area contributed by atoms with Gasteiger partial charge in [-0.3, -0.25) is 0 Å². The molecule has 200 valence electrons. The number of aliphatic hydroxyl groups excluding tert-OH is 2. The zero-order valence-electron chi connectivity index (χ0n) is 20.4. The molecule has 0 bridgehead atoms. The molecule has 12 nitrogen and oxygen atoms in total. The Balaban J connectivity index is 1.39. The van der Waals surface area contributed by atoms with Gasteiger partial charge in [-0.1, -0.05) is 17.3 Å². The number of aromatic nitrogens is 7. The van der Waals surface area contributed by atoms with Gasteiger partial charge in [-0.2, -0.15) is 0 Å². The molecule has 3 aromatic heterocycles. The van der Waals surface area contributed by atoms with E-state index in [1.54, 1.807) is 24.4 Å². The summed E-state index contributed by atoms with van der Waals surface area (Å²) in [7, 11) is 0. The Labute approximate surface area is 224 Å². The fourth-order valence-electron chi connectivity index (χ4n) is 4.73. The summed E-state index contributed by atoms with van der Waals surface area (Å²) in [4.78, 5) is 20.5. The van der Waals surface area contributed by atoms with Gasteiger partial charge in [0.05, 0.1) is 39.8 Å². The molecule has 1 saturated heterocycles. The molecule has 4 atom stereocenters. The van der Waals surface area contributed by atoms with Crippen LogP contribution >= 0.6 is 11.3 Å². The minimum atomic E-state index is -1.31. The second-order valence-corrected chi connectivity index (χ2v) is 10.4. The van der Waals surface area contributed by atoms with E-state index in [0.29, 0.717) is 16.9 Å². The number of thiazole rings is 1. The molecule has 0 saturated carbocycles. The number of nitrogens with zero attached hydrogens (tertiary/aromatic N) is 7. The molecule has 5 aromatic rings. The maximum atomic E-state index is 13.7. The monoisotopic (exact) mass is 551 g/mol. The first-order valence-corrected chi connectivity index (χ1v) is 12.8. The zero-order chi connectivity index (χ0) is 27.3. The Morgan fingerprint density at radius 3 is 2.85 bits per heavy atom. The van der Waals surface area contributed by atoms with E-state index in [4.69, 9.17) is 4.74 Å². The Morgan fingerprint density at radius 2 is 2.08 bits per heavy atom. The normalized spacial score (nSPS) is 21.4. The van der Waals surface area contributed by atoms with Crippen LogP contribution in [0.5, 0.6) is 0 Å². The first-order chi connectivity index (χ1) is 18.8. The molecule has 3 N–H and O–H groups in total. The molecule has 14 heteroatoms. The molecule has 0 amide bonds. The van der Waals surface area contributed by atoms with Crippen molar-refractivity contribution in [2.45, 2.75) is 37.7 Å². The molecule has 4 heterocycles. The molecule has 0 radical (unpaired) electrons. The molecule has 1 fully saturated rings. The van der Waals surface area contributed by atoms with Crippen LogP contribution in [0.2, 0.25) is 0 Å². The number of benzene rings is 2. The minimum Gasteiger partial charge on any atom is -0.475 e. The molecule has 1 aliphatic heterocycles. The van der Waals surface area contributed by atoms with Gasteiger partial charge in [0.2, 0.25) is 0 Å². The molecular weight excluding hydrogens is 529 g/mol. The number of ether oxygens (including phenoxy) is 1. The Bertz CT molecular complexity index is 1680. The van der Waals surface area contributed by atoms with Gasteiger partial charge in [0, 0.05) is 12.0 Å². The van der Waals surface area contributed by atoms with Crippen LogP contribution in [0.4, 0.5) is 4.39 Å². The standard InChI is InChI=1S/C25H22FN7O5S/c1-12-27-16-6-5-15(8-21(16)39-12)33-24(28-23(30-33)25(36)37)19-9-18(22(35)20(11-34)38-19)32-10-17(29-31-32)13-3-2-4-14(26)7-13/h2-8,10,18-20,22,34-35H,9,11H2,1H3,(H,36,37)/t18-,19-,20-,22-/m1/s1. The molecule has 1 aliphatic rings. The molecule has 0 aliphatic carbocycles. The van der Waals surface area contributed by atoms with E-state index in [1.807, 2.05) is 19.1 Å².